The Bertz CT molecular complexity index is 1140. The molecule has 0 spiro atoms. The molecular weight excluding hydrogens is 402 g/mol. The van der Waals surface area contributed by atoms with E-state index in [1.165, 1.54) is 11.1 Å². The van der Waals surface area contributed by atoms with Gasteiger partial charge in [0.05, 0.1) is 0 Å². The molecule has 2 N–H and O–H groups in total. The van der Waals surface area contributed by atoms with Gasteiger partial charge in [-0.05, 0) is 66.6 Å². The van der Waals surface area contributed by atoms with E-state index in [2.05, 4.69) is 23.3 Å². The van der Waals surface area contributed by atoms with Crippen LogP contribution in [0.25, 0.3) is 0 Å². The Labute approximate surface area is 187 Å². The number of rotatable bonds is 5. The van der Waals surface area contributed by atoms with Crippen molar-refractivity contribution < 1.29 is 14.4 Å². The lowest BCUT2D eigenvalue weighted by molar-refractivity contribution is -0.126. The van der Waals surface area contributed by atoms with Crippen LogP contribution in [0.5, 0.6) is 0 Å². The fourth-order valence-electron chi connectivity index (χ4n) is 4.92. The number of carbonyl (C=O) groups excluding carboxylic acids is 3. The number of ketones is 1. The van der Waals surface area contributed by atoms with Gasteiger partial charge in [0.1, 0.15) is 6.04 Å². The normalized spacial score (nSPS) is 20.1. The number of fused-ring (bicyclic) bond motifs is 2. The second-order valence-corrected chi connectivity index (χ2v) is 8.91. The number of Topliss-reactive ketones (excluding diaryl/α,β-unsaturated/α-hetero) is 1. The molecule has 1 unspecified atom stereocenters. The predicted molar refractivity (Wildman–Crippen MR) is 121 cm³/mol. The maximum atomic E-state index is 12.9. The van der Waals surface area contributed by atoms with Crippen LogP contribution in [0.3, 0.4) is 0 Å². The molecule has 2 aromatic carbocycles. The van der Waals surface area contributed by atoms with Gasteiger partial charge >= 0.3 is 0 Å². The molecule has 1 atom stereocenters. The van der Waals surface area contributed by atoms with Gasteiger partial charge in [-0.25, -0.2) is 0 Å². The van der Waals surface area contributed by atoms with Gasteiger partial charge in [0, 0.05) is 36.3 Å². The average molecular weight is 430 g/mol. The molecule has 0 saturated carbocycles. The number of piperidine rings is 1. The number of allylic oxidation sites excluding steroid dienone is 1. The maximum absolute atomic E-state index is 12.9. The molecular formula is C26H27N3O3. The molecule has 2 aromatic rings. The molecule has 6 heteroatoms. The van der Waals surface area contributed by atoms with E-state index in [9.17, 15) is 14.4 Å². The first kappa shape index (κ1) is 20.6. The highest BCUT2D eigenvalue weighted by molar-refractivity contribution is 6.01. The summed E-state index contributed by atoms with van der Waals surface area (Å²) in [6.07, 6.45) is 3.34. The largest absolute Gasteiger partial charge is 0.329 e. The van der Waals surface area contributed by atoms with Crippen molar-refractivity contribution in [2.45, 2.75) is 51.2 Å². The van der Waals surface area contributed by atoms with Crippen molar-refractivity contribution in [3.8, 4) is 0 Å². The number of benzene rings is 2. The number of nitrogens with zero attached hydrogens (tertiary/aromatic N) is 1. The van der Waals surface area contributed by atoms with Crippen LogP contribution in [0.4, 0.5) is 0 Å². The summed E-state index contributed by atoms with van der Waals surface area (Å²) in [5.41, 5.74) is 6.62. The highest BCUT2D eigenvalue weighted by atomic mass is 16.2. The molecule has 0 bridgehead atoms. The van der Waals surface area contributed by atoms with Crippen molar-refractivity contribution in [3.63, 3.8) is 0 Å². The van der Waals surface area contributed by atoms with Crippen molar-refractivity contribution in [1.82, 2.24) is 15.5 Å². The first-order valence-corrected chi connectivity index (χ1v) is 11.3. The summed E-state index contributed by atoms with van der Waals surface area (Å²) in [7, 11) is 0. The zero-order valence-corrected chi connectivity index (χ0v) is 18.1. The first-order valence-electron chi connectivity index (χ1n) is 11.3. The van der Waals surface area contributed by atoms with Gasteiger partial charge in [-0.15, -0.1) is 0 Å². The second-order valence-electron chi connectivity index (χ2n) is 8.91. The van der Waals surface area contributed by atoms with E-state index in [-0.39, 0.29) is 17.6 Å². The maximum Gasteiger partial charge on any atom is 0.255 e. The standard InChI is InChI=1S/C26H27N3O3/c1-16-2-8-23(25(31)28-16)29-15-21-12-17(3-7-22(21)26(29)32)4-9-24(30)19-6-5-18-10-11-27-14-20(18)13-19/h3,5-7,12-13,23,27H,1-2,4,8-11,14-15H2,(H,28,31). The summed E-state index contributed by atoms with van der Waals surface area (Å²) in [4.78, 5) is 39.6. The van der Waals surface area contributed by atoms with Crippen molar-refractivity contribution in [2.75, 3.05) is 6.54 Å². The average Bonchev–Trinajstić information content (AvgIpc) is 3.12. The molecule has 3 aliphatic rings. The lowest BCUT2D eigenvalue weighted by Crippen LogP contribution is -2.49. The zero-order chi connectivity index (χ0) is 22.2. The minimum atomic E-state index is -0.455. The molecule has 5 rings (SSSR count). The van der Waals surface area contributed by atoms with E-state index in [0.717, 1.165) is 36.2 Å². The minimum absolute atomic E-state index is 0.0991. The third kappa shape index (κ3) is 3.86. The Morgan fingerprint density at radius 1 is 1.06 bits per heavy atom. The number of amides is 2. The van der Waals surface area contributed by atoms with E-state index >= 15 is 0 Å². The highest BCUT2D eigenvalue weighted by Crippen LogP contribution is 2.29. The molecule has 3 aliphatic heterocycles. The molecule has 2 amide bonds. The molecule has 1 fully saturated rings. The van der Waals surface area contributed by atoms with Crippen LogP contribution in [-0.4, -0.2) is 35.1 Å². The summed E-state index contributed by atoms with van der Waals surface area (Å²) in [5.74, 6) is -0.123. The number of hydrogen-bond donors (Lipinski definition) is 2. The molecule has 6 nitrogen and oxygen atoms in total. The Kier molecular flexibility index (Phi) is 5.39. The number of hydrogen-bond acceptors (Lipinski definition) is 4. The van der Waals surface area contributed by atoms with E-state index in [4.69, 9.17) is 0 Å². The minimum Gasteiger partial charge on any atom is -0.329 e. The zero-order valence-electron chi connectivity index (χ0n) is 18.1. The monoisotopic (exact) mass is 429 g/mol. The Morgan fingerprint density at radius 2 is 1.94 bits per heavy atom. The van der Waals surface area contributed by atoms with Gasteiger partial charge in [0.15, 0.2) is 5.78 Å². The third-order valence-electron chi connectivity index (χ3n) is 6.76. The third-order valence-corrected chi connectivity index (χ3v) is 6.76. The van der Waals surface area contributed by atoms with E-state index in [1.54, 1.807) is 4.90 Å². The van der Waals surface area contributed by atoms with Gasteiger partial charge in [0.2, 0.25) is 5.91 Å². The molecule has 1 saturated heterocycles. The first-order chi connectivity index (χ1) is 15.5. The summed E-state index contributed by atoms with van der Waals surface area (Å²) >= 11 is 0. The van der Waals surface area contributed by atoms with Gasteiger partial charge < -0.3 is 15.5 Å². The topological polar surface area (TPSA) is 78.5 Å². The molecule has 164 valence electrons. The number of aryl methyl sites for hydroxylation is 1. The Balaban J connectivity index is 1.25. The summed E-state index contributed by atoms with van der Waals surface area (Å²) in [6.45, 7) is 6.04. The Hall–Kier alpha value is -3.25. The fourth-order valence-corrected chi connectivity index (χ4v) is 4.92. The smallest absolute Gasteiger partial charge is 0.255 e. The molecule has 0 aromatic heterocycles. The van der Waals surface area contributed by atoms with Crippen LogP contribution in [-0.2, 0) is 30.7 Å². The van der Waals surface area contributed by atoms with Crippen molar-refractivity contribution in [2.24, 2.45) is 0 Å². The van der Waals surface area contributed by atoms with Gasteiger partial charge in [-0.3, -0.25) is 14.4 Å². The summed E-state index contributed by atoms with van der Waals surface area (Å²) < 4.78 is 0. The van der Waals surface area contributed by atoms with Gasteiger partial charge in [-0.2, -0.15) is 0 Å². The summed E-state index contributed by atoms with van der Waals surface area (Å²) in [5, 5.41) is 6.12. The lowest BCUT2D eigenvalue weighted by atomic mass is 9.95. The molecule has 32 heavy (non-hydrogen) atoms. The number of nitrogens with one attached hydrogen (secondary N) is 2. The van der Waals surface area contributed by atoms with Crippen LogP contribution >= 0.6 is 0 Å². The van der Waals surface area contributed by atoms with Crippen molar-refractivity contribution >= 4 is 17.6 Å². The van der Waals surface area contributed by atoms with Crippen LogP contribution in [0.2, 0.25) is 0 Å². The van der Waals surface area contributed by atoms with E-state index < -0.39 is 6.04 Å². The van der Waals surface area contributed by atoms with Crippen LogP contribution in [0.15, 0.2) is 48.7 Å². The van der Waals surface area contributed by atoms with Crippen LogP contribution in [0, 0.1) is 0 Å². The van der Waals surface area contributed by atoms with Crippen LogP contribution < -0.4 is 10.6 Å². The fraction of sp³-hybridized carbons (Fsp3) is 0.346. The van der Waals surface area contributed by atoms with Crippen molar-refractivity contribution in [3.05, 3.63) is 82.1 Å². The predicted octanol–water partition coefficient (Wildman–Crippen LogP) is 2.90. The van der Waals surface area contributed by atoms with E-state index in [0.29, 0.717) is 43.5 Å². The SMILES string of the molecule is C=C1CCC(N2Cc3cc(CCC(=O)c4ccc5c(c4)CNCC5)ccc3C2=O)C(=O)N1. The van der Waals surface area contributed by atoms with E-state index in [1.807, 2.05) is 30.3 Å². The molecule has 0 aliphatic carbocycles. The molecule has 0 radical (unpaired) electrons. The number of carbonyl (C=O) groups is 3. The van der Waals surface area contributed by atoms with Gasteiger partial charge in [0.25, 0.3) is 5.91 Å². The van der Waals surface area contributed by atoms with Gasteiger partial charge in [-0.1, -0.05) is 30.8 Å². The molecule has 3 heterocycles. The summed E-state index contributed by atoms with van der Waals surface area (Å²) in [6, 6.07) is 11.4. The van der Waals surface area contributed by atoms with Crippen LogP contribution in [0.1, 0.15) is 62.2 Å². The quantitative estimate of drug-likeness (QED) is 0.717. The van der Waals surface area contributed by atoms with Crippen molar-refractivity contribution in [1.29, 1.82) is 0 Å². The Morgan fingerprint density at radius 3 is 2.78 bits per heavy atom. The second kappa shape index (κ2) is 8.36. The highest BCUT2D eigenvalue weighted by Gasteiger charge is 2.38. The lowest BCUT2D eigenvalue weighted by Gasteiger charge is -2.30.